The molecule has 0 unspecified atom stereocenters. The van der Waals surface area contributed by atoms with Crippen molar-refractivity contribution >= 4 is 15.7 Å². The lowest BCUT2D eigenvalue weighted by atomic mass is 10.1. The average Bonchev–Trinajstić information content (AvgIpc) is 2.97. The van der Waals surface area contributed by atoms with Crippen molar-refractivity contribution in [2.24, 2.45) is 0 Å². The van der Waals surface area contributed by atoms with Gasteiger partial charge in [-0.3, -0.25) is 4.72 Å². The first-order valence-corrected chi connectivity index (χ1v) is 8.19. The van der Waals surface area contributed by atoms with Gasteiger partial charge in [-0.25, -0.2) is 8.42 Å². The van der Waals surface area contributed by atoms with Crippen molar-refractivity contribution in [3.8, 4) is 11.5 Å². The van der Waals surface area contributed by atoms with E-state index < -0.39 is 10.0 Å². The van der Waals surface area contributed by atoms with Crippen LogP contribution in [0, 0.1) is 0 Å². The van der Waals surface area contributed by atoms with Gasteiger partial charge in [-0.05, 0) is 36.2 Å². The Morgan fingerprint density at radius 2 is 1.77 bits per heavy atom. The van der Waals surface area contributed by atoms with Crippen LogP contribution in [0.15, 0.2) is 47.4 Å². The predicted molar refractivity (Wildman–Crippen MR) is 80.6 cm³/mol. The molecule has 1 aliphatic rings. The number of aliphatic hydroxyl groups is 1. The third-order valence-electron chi connectivity index (χ3n) is 3.26. The molecule has 0 fully saturated rings. The summed E-state index contributed by atoms with van der Waals surface area (Å²) in [6, 6.07) is 11.3. The van der Waals surface area contributed by atoms with E-state index in [1.165, 1.54) is 12.1 Å². The maximum absolute atomic E-state index is 12.4. The van der Waals surface area contributed by atoms with Gasteiger partial charge in [0.05, 0.1) is 4.90 Å². The van der Waals surface area contributed by atoms with Gasteiger partial charge in [0.15, 0.2) is 11.5 Å². The highest BCUT2D eigenvalue weighted by Crippen LogP contribution is 2.34. The lowest BCUT2D eigenvalue weighted by Gasteiger charge is -2.09. The van der Waals surface area contributed by atoms with E-state index in [4.69, 9.17) is 14.6 Å². The standard InChI is InChI=1S/C15H15NO5S/c17-8-7-11-1-3-12(4-2-11)16-22(18,19)13-5-6-14-15(9-13)21-10-20-14/h1-6,9,16-17H,7-8,10H2. The zero-order valence-electron chi connectivity index (χ0n) is 11.7. The van der Waals surface area contributed by atoms with Crippen LogP contribution in [0.2, 0.25) is 0 Å². The van der Waals surface area contributed by atoms with E-state index in [0.29, 0.717) is 23.6 Å². The molecule has 0 aliphatic carbocycles. The first-order chi connectivity index (χ1) is 10.6. The fourth-order valence-electron chi connectivity index (χ4n) is 2.13. The van der Waals surface area contributed by atoms with Crippen molar-refractivity contribution in [2.75, 3.05) is 18.1 Å². The number of nitrogens with one attached hydrogen (secondary N) is 1. The highest BCUT2D eigenvalue weighted by atomic mass is 32.2. The Kier molecular flexibility index (Phi) is 3.91. The monoisotopic (exact) mass is 321 g/mol. The maximum Gasteiger partial charge on any atom is 0.262 e. The molecule has 22 heavy (non-hydrogen) atoms. The molecule has 2 N–H and O–H groups in total. The van der Waals surface area contributed by atoms with Crippen LogP contribution in [0.3, 0.4) is 0 Å². The van der Waals surface area contributed by atoms with Gasteiger partial charge in [-0.15, -0.1) is 0 Å². The number of hydrogen-bond acceptors (Lipinski definition) is 5. The molecule has 0 saturated heterocycles. The molecule has 1 aliphatic heterocycles. The summed E-state index contributed by atoms with van der Waals surface area (Å²) in [5.41, 5.74) is 1.40. The number of hydrogen-bond donors (Lipinski definition) is 2. The van der Waals surface area contributed by atoms with E-state index in [9.17, 15) is 8.42 Å². The summed E-state index contributed by atoms with van der Waals surface area (Å²) in [7, 11) is -3.69. The van der Waals surface area contributed by atoms with Gasteiger partial charge in [0.25, 0.3) is 10.0 Å². The fraction of sp³-hybridized carbons (Fsp3) is 0.200. The summed E-state index contributed by atoms with van der Waals surface area (Å²) in [5, 5.41) is 8.87. The Labute approximate surface area is 128 Å². The molecule has 6 nitrogen and oxygen atoms in total. The first-order valence-electron chi connectivity index (χ1n) is 6.71. The van der Waals surface area contributed by atoms with E-state index in [2.05, 4.69) is 4.72 Å². The molecule has 0 atom stereocenters. The molecule has 3 rings (SSSR count). The molecule has 0 saturated carbocycles. The van der Waals surface area contributed by atoms with Crippen molar-refractivity contribution < 1.29 is 23.0 Å². The number of fused-ring (bicyclic) bond motifs is 1. The molecule has 0 radical (unpaired) electrons. The normalized spacial score (nSPS) is 13.1. The molecule has 7 heteroatoms. The Morgan fingerprint density at radius 3 is 2.50 bits per heavy atom. The molecular weight excluding hydrogens is 306 g/mol. The van der Waals surface area contributed by atoms with Crippen molar-refractivity contribution in [1.29, 1.82) is 0 Å². The van der Waals surface area contributed by atoms with E-state index in [0.717, 1.165) is 5.56 Å². The van der Waals surface area contributed by atoms with Gasteiger partial charge in [0.1, 0.15) is 0 Å². The topological polar surface area (TPSA) is 84.9 Å². The lowest BCUT2D eigenvalue weighted by molar-refractivity contribution is 0.174. The van der Waals surface area contributed by atoms with E-state index in [1.54, 1.807) is 30.3 Å². The Balaban J connectivity index is 1.81. The van der Waals surface area contributed by atoms with Crippen molar-refractivity contribution in [2.45, 2.75) is 11.3 Å². The average molecular weight is 321 g/mol. The quantitative estimate of drug-likeness (QED) is 0.876. The number of sulfonamides is 1. The van der Waals surface area contributed by atoms with Crippen LogP contribution in [0.5, 0.6) is 11.5 Å². The zero-order valence-corrected chi connectivity index (χ0v) is 12.5. The van der Waals surface area contributed by atoms with Crippen molar-refractivity contribution in [3.05, 3.63) is 48.0 Å². The van der Waals surface area contributed by atoms with Gasteiger partial charge in [0, 0.05) is 18.4 Å². The minimum absolute atomic E-state index is 0.0578. The Morgan fingerprint density at radius 1 is 1.05 bits per heavy atom. The SMILES string of the molecule is O=S(=O)(Nc1ccc(CCO)cc1)c1ccc2c(c1)OCO2. The molecule has 0 spiro atoms. The van der Waals surface area contributed by atoms with Crippen molar-refractivity contribution in [1.82, 2.24) is 0 Å². The summed E-state index contributed by atoms with van der Waals surface area (Å²) >= 11 is 0. The number of benzene rings is 2. The molecule has 2 aromatic carbocycles. The van der Waals surface area contributed by atoms with Gasteiger partial charge in [-0.2, -0.15) is 0 Å². The summed E-state index contributed by atoms with van der Waals surface area (Å²) < 4.78 is 37.6. The van der Waals surface area contributed by atoms with Crippen LogP contribution >= 0.6 is 0 Å². The molecule has 0 amide bonds. The Bertz CT molecular complexity index is 771. The highest BCUT2D eigenvalue weighted by Gasteiger charge is 2.20. The van der Waals surface area contributed by atoms with Crippen LogP contribution in [-0.4, -0.2) is 26.9 Å². The van der Waals surface area contributed by atoms with E-state index in [-0.39, 0.29) is 18.3 Å². The van der Waals surface area contributed by atoms with Gasteiger partial charge >= 0.3 is 0 Å². The van der Waals surface area contributed by atoms with Crippen LogP contribution < -0.4 is 14.2 Å². The third kappa shape index (κ3) is 3.00. The highest BCUT2D eigenvalue weighted by molar-refractivity contribution is 7.92. The molecule has 1 heterocycles. The number of ether oxygens (including phenoxy) is 2. The smallest absolute Gasteiger partial charge is 0.262 e. The molecule has 0 bridgehead atoms. The summed E-state index contributed by atoms with van der Waals surface area (Å²) in [6.07, 6.45) is 0.537. The minimum Gasteiger partial charge on any atom is -0.454 e. The first kappa shape index (κ1) is 14.7. The molecule has 2 aromatic rings. The fourth-order valence-corrected chi connectivity index (χ4v) is 3.20. The summed E-state index contributed by atoms with van der Waals surface area (Å²) in [6.45, 7) is 0.154. The second kappa shape index (κ2) is 5.86. The second-order valence-corrected chi connectivity index (χ2v) is 6.47. The maximum atomic E-state index is 12.4. The zero-order chi connectivity index (χ0) is 15.6. The summed E-state index contributed by atoms with van der Waals surface area (Å²) in [4.78, 5) is 0.108. The molecular formula is C15H15NO5S. The number of anilines is 1. The lowest BCUT2D eigenvalue weighted by Crippen LogP contribution is -2.12. The largest absolute Gasteiger partial charge is 0.454 e. The van der Waals surface area contributed by atoms with Gasteiger partial charge < -0.3 is 14.6 Å². The molecule has 116 valence electrons. The Hall–Kier alpha value is -2.25. The van der Waals surface area contributed by atoms with Crippen LogP contribution in [0.4, 0.5) is 5.69 Å². The molecule has 0 aromatic heterocycles. The predicted octanol–water partition coefficient (Wildman–Crippen LogP) is 1.75. The minimum atomic E-state index is -3.69. The van der Waals surface area contributed by atoms with Crippen LogP contribution in [0.25, 0.3) is 0 Å². The number of rotatable bonds is 5. The van der Waals surface area contributed by atoms with Crippen molar-refractivity contribution in [3.63, 3.8) is 0 Å². The number of aliphatic hydroxyl groups excluding tert-OH is 1. The second-order valence-electron chi connectivity index (χ2n) is 4.79. The van der Waals surface area contributed by atoms with Crippen LogP contribution in [0.1, 0.15) is 5.56 Å². The van der Waals surface area contributed by atoms with E-state index >= 15 is 0 Å². The van der Waals surface area contributed by atoms with Gasteiger partial charge in [-0.1, -0.05) is 12.1 Å². The van der Waals surface area contributed by atoms with Gasteiger partial charge in [0.2, 0.25) is 6.79 Å². The summed E-state index contributed by atoms with van der Waals surface area (Å²) in [5.74, 6) is 0.952. The third-order valence-corrected chi connectivity index (χ3v) is 4.64. The van der Waals surface area contributed by atoms with E-state index in [1.807, 2.05) is 0 Å². The van der Waals surface area contributed by atoms with Crippen LogP contribution in [-0.2, 0) is 16.4 Å².